The van der Waals surface area contributed by atoms with Gasteiger partial charge in [0.15, 0.2) is 11.6 Å². The predicted molar refractivity (Wildman–Crippen MR) is 74.9 cm³/mol. The van der Waals surface area contributed by atoms with Gasteiger partial charge in [0.1, 0.15) is 0 Å². The zero-order valence-corrected chi connectivity index (χ0v) is 12.1. The van der Waals surface area contributed by atoms with Crippen LogP contribution in [-0.4, -0.2) is 21.1 Å². The van der Waals surface area contributed by atoms with Crippen molar-refractivity contribution in [2.45, 2.75) is 20.0 Å². The largest absolute Gasteiger partial charge is 0.461 e. The minimum Gasteiger partial charge on any atom is -0.461 e. The highest BCUT2D eigenvalue weighted by atomic mass is 35.5. The molecule has 2 rings (SSSR count). The number of anilines is 1. The summed E-state index contributed by atoms with van der Waals surface area (Å²) in [5, 5.41) is -0.0719. The van der Waals surface area contributed by atoms with Gasteiger partial charge >= 0.3 is 12.0 Å². The Hall–Kier alpha value is -2.19. The van der Waals surface area contributed by atoms with E-state index in [1.807, 2.05) is 0 Å². The van der Waals surface area contributed by atoms with Crippen LogP contribution >= 0.6 is 11.6 Å². The molecule has 0 radical (unpaired) electrons. The summed E-state index contributed by atoms with van der Waals surface area (Å²) in [6.45, 7) is 3.60. The van der Waals surface area contributed by atoms with Crippen molar-refractivity contribution in [1.29, 1.82) is 0 Å². The van der Waals surface area contributed by atoms with Gasteiger partial charge in [-0.2, -0.15) is 9.97 Å². The third-order valence-electron chi connectivity index (χ3n) is 2.18. The zero-order valence-electron chi connectivity index (χ0n) is 11.3. The third-order valence-corrected chi connectivity index (χ3v) is 2.47. The van der Waals surface area contributed by atoms with E-state index >= 15 is 0 Å². The number of nitrogens with one attached hydrogen (secondary N) is 1. The topological polar surface area (TPSA) is 95.2 Å². The summed E-state index contributed by atoms with van der Waals surface area (Å²) in [5.74, 6) is 4.45. The molecule has 0 atom stereocenters. The Morgan fingerprint density at radius 3 is 2.62 bits per heavy atom. The lowest BCUT2D eigenvalue weighted by atomic mass is 10.3. The molecule has 0 unspecified atom stereocenters. The molecule has 1 aromatic heterocycles. The lowest BCUT2D eigenvalue weighted by Crippen LogP contribution is -2.15. The first kappa shape index (κ1) is 15.2. The average molecular weight is 314 g/mol. The molecule has 1 heterocycles. The fourth-order valence-electron chi connectivity index (χ4n) is 1.37. The number of rotatable bonds is 5. The Labute approximate surface area is 125 Å². The normalized spacial score (nSPS) is 10.6. The second kappa shape index (κ2) is 6.51. The molecule has 0 aliphatic carbocycles. The Morgan fingerprint density at radius 2 is 1.95 bits per heavy atom. The molecule has 0 saturated heterocycles. The van der Waals surface area contributed by atoms with Crippen molar-refractivity contribution in [3.8, 4) is 17.8 Å². The minimum absolute atomic E-state index is 0.00499. The molecule has 2 aromatic rings. The molecule has 0 bridgehead atoms. The van der Waals surface area contributed by atoms with Crippen LogP contribution in [0, 0.1) is 5.82 Å². The smallest absolute Gasteiger partial charge is 0.330 e. The van der Waals surface area contributed by atoms with E-state index in [9.17, 15) is 4.39 Å². The second-order valence-electron chi connectivity index (χ2n) is 4.19. The fourth-order valence-corrected chi connectivity index (χ4v) is 1.54. The number of benzene rings is 1. The van der Waals surface area contributed by atoms with Gasteiger partial charge in [-0.25, -0.2) is 10.2 Å². The Balaban J connectivity index is 2.32. The molecule has 0 spiro atoms. The number of ether oxygens (including phenoxy) is 2. The lowest BCUT2D eigenvalue weighted by molar-refractivity contribution is 0.218. The van der Waals surface area contributed by atoms with Crippen LogP contribution in [0.15, 0.2) is 18.2 Å². The third kappa shape index (κ3) is 3.89. The van der Waals surface area contributed by atoms with Gasteiger partial charge in [-0.3, -0.25) is 5.43 Å². The first-order valence-electron chi connectivity index (χ1n) is 6.01. The highest BCUT2D eigenvalue weighted by Crippen LogP contribution is 2.28. The molecule has 112 valence electrons. The van der Waals surface area contributed by atoms with E-state index in [-0.39, 0.29) is 34.8 Å². The van der Waals surface area contributed by atoms with Gasteiger partial charge < -0.3 is 9.47 Å². The highest BCUT2D eigenvalue weighted by Gasteiger charge is 2.13. The van der Waals surface area contributed by atoms with Gasteiger partial charge in [0.25, 0.3) is 0 Å². The van der Waals surface area contributed by atoms with E-state index < -0.39 is 5.82 Å². The van der Waals surface area contributed by atoms with Crippen LogP contribution in [0.1, 0.15) is 13.8 Å². The summed E-state index contributed by atoms with van der Waals surface area (Å²) in [7, 11) is 0. The number of hydrazine groups is 1. The summed E-state index contributed by atoms with van der Waals surface area (Å²) < 4.78 is 24.4. The maximum Gasteiger partial charge on any atom is 0.330 e. The molecular formula is C12H13ClFN5O2. The number of nitrogens with zero attached hydrogens (tertiary/aromatic N) is 3. The van der Waals surface area contributed by atoms with Crippen LogP contribution in [0.25, 0.3) is 0 Å². The summed E-state index contributed by atoms with van der Waals surface area (Å²) in [5.41, 5.74) is 2.25. The van der Waals surface area contributed by atoms with Crippen LogP contribution in [0.4, 0.5) is 10.3 Å². The molecule has 0 fully saturated rings. The number of nitrogen functional groups attached to an aromatic ring is 1. The van der Waals surface area contributed by atoms with Crippen LogP contribution < -0.4 is 20.7 Å². The van der Waals surface area contributed by atoms with Crippen molar-refractivity contribution >= 4 is 17.5 Å². The van der Waals surface area contributed by atoms with E-state index in [0.29, 0.717) is 0 Å². The molecule has 0 aliphatic heterocycles. The quantitative estimate of drug-likeness (QED) is 0.647. The van der Waals surface area contributed by atoms with E-state index in [1.165, 1.54) is 18.2 Å². The monoisotopic (exact) mass is 313 g/mol. The predicted octanol–water partition coefficient (Wildman–Crippen LogP) is 2.53. The van der Waals surface area contributed by atoms with Crippen molar-refractivity contribution in [2.24, 2.45) is 5.84 Å². The molecule has 21 heavy (non-hydrogen) atoms. The molecule has 9 heteroatoms. The fraction of sp³-hybridized carbons (Fsp3) is 0.250. The molecule has 0 amide bonds. The number of hydrogen-bond acceptors (Lipinski definition) is 7. The summed E-state index contributed by atoms with van der Waals surface area (Å²) >= 11 is 5.67. The maximum atomic E-state index is 13.8. The van der Waals surface area contributed by atoms with Crippen molar-refractivity contribution < 1.29 is 13.9 Å². The van der Waals surface area contributed by atoms with Crippen LogP contribution in [0.3, 0.4) is 0 Å². The second-order valence-corrected chi connectivity index (χ2v) is 4.60. The maximum absolute atomic E-state index is 13.8. The summed E-state index contributed by atoms with van der Waals surface area (Å²) in [6, 6.07) is 4.16. The molecule has 3 N–H and O–H groups in total. The minimum atomic E-state index is -0.715. The molecule has 7 nitrogen and oxygen atoms in total. The summed E-state index contributed by atoms with van der Waals surface area (Å²) in [4.78, 5) is 11.7. The van der Waals surface area contributed by atoms with Gasteiger partial charge in [0.2, 0.25) is 5.95 Å². The average Bonchev–Trinajstić information content (AvgIpc) is 2.43. The van der Waals surface area contributed by atoms with Gasteiger partial charge in [-0.1, -0.05) is 17.7 Å². The van der Waals surface area contributed by atoms with E-state index in [2.05, 4.69) is 20.4 Å². The lowest BCUT2D eigenvalue weighted by Gasteiger charge is -2.10. The standard InChI is InChI=1S/C12H13ClFN5O2/c1-6(2)20-11-16-10(19-15)17-12(18-11)21-8-5-3-4-7(13)9(8)14/h3-6H,15H2,1-2H3,(H,16,17,18,19). The zero-order chi connectivity index (χ0) is 15.4. The Bertz CT molecular complexity index is 641. The number of hydrogen-bond donors (Lipinski definition) is 2. The van der Waals surface area contributed by atoms with Gasteiger partial charge in [0, 0.05) is 0 Å². The Kier molecular flexibility index (Phi) is 4.71. The number of nitrogens with two attached hydrogens (primary N) is 1. The first-order valence-corrected chi connectivity index (χ1v) is 6.38. The van der Waals surface area contributed by atoms with Crippen LogP contribution in [-0.2, 0) is 0 Å². The number of halogens is 2. The van der Waals surface area contributed by atoms with Crippen molar-refractivity contribution in [3.63, 3.8) is 0 Å². The molecule has 0 saturated carbocycles. The highest BCUT2D eigenvalue weighted by molar-refractivity contribution is 6.30. The van der Waals surface area contributed by atoms with Crippen LogP contribution in [0.2, 0.25) is 5.02 Å². The molecule has 1 aromatic carbocycles. The van der Waals surface area contributed by atoms with Crippen molar-refractivity contribution in [3.05, 3.63) is 29.0 Å². The van der Waals surface area contributed by atoms with Gasteiger partial charge in [0.05, 0.1) is 11.1 Å². The van der Waals surface area contributed by atoms with E-state index in [1.54, 1.807) is 13.8 Å². The SMILES string of the molecule is CC(C)Oc1nc(NN)nc(Oc2cccc(Cl)c2F)n1. The van der Waals surface area contributed by atoms with Crippen LogP contribution in [0.5, 0.6) is 17.8 Å². The number of aromatic nitrogens is 3. The van der Waals surface area contributed by atoms with Crippen molar-refractivity contribution in [2.75, 3.05) is 5.43 Å². The first-order chi connectivity index (χ1) is 9.99. The van der Waals surface area contributed by atoms with Gasteiger partial charge in [-0.15, -0.1) is 4.98 Å². The Morgan fingerprint density at radius 1 is 1.24 bits per heavy atom. The van der Waals surface area contributed by atoms with E-state index in [0.717, 1.165) is 0 Å². The molecular weight excluding hydrogens is 301 g/mol. The summed E-state index contributed by atoms with van der Waals surface area (Å²) in [6.07, 6.45) is -0.159. The van der Waals surface area contributed by atoms with Crippen molar-refractivity contribution in [1.82, 2.24) is 15.0 Å². The molecule has 0 aliphatic rings. The van der Waals surface area contributed by atoms with Gasteiger partial charge in [-0.05, 0) is 26.0 Å². The van der Waals surface area contributed by atoms with E-state index in [4.69, 9.17) is 26.9 Å².